The predicted molar refractivity (Wildman–Crippen MR) is 88.4 cm³/mol. The summed E-state index contributed by atoms with van der Waals surface area (Å²) in [6, 6.07) is 10.6. The lowest BCUT2D eigenvalue weighted by Gasteiger charge is -2.08. The van der Waals surface area contributed by atoms with E-state index in [0.29, 0.717) is 28.4 Å². The first kappa shape index (κ1) is 15.6. The van der Waals surface area contributed by atoms with Crippen molar-refractivity contribution < 1.29 is 12.8 Å². The third-order valence-electron chi connectivity index (χ3n) is 3.34. The van der Waals surface area contributed by atoms with Gasteiger partial charge < -0.3 is 4.42 Å². The maximum atomic E-state index is 12.4. The Morgan fingerprint density at radius 2 is 2.00 bits per heavy atom. The van der Waals surface area contributed by atoms with E-state index in [9.17, 15) is 13.2 Å². The van der Waals surface area contributed by atoms with E-state index >= 15 is 0 Å². The molecule has 0 aliphatic heterocycles. The SMILES string of the molecule is CCn1c(=O)oc2cc(NS(=O)(=O)c3cccc(Cl)c3)ccc21. The molecule has 23 heavy (non-hydrogen) atoms. The van der Waals surface area contributed by atoms with E-state index in [1.807, 2.05) is 6.92 Å². The van der Waals surface area contributed by atoms with Crippen LogP contribution in [0.15, 0.2) is 56.6 Å². The second kappa shape index (κ2) is 5.75. The van der Waals surface area contributed by atoms with E-state index in [1.54, 1.807) is 24.3 Å². The van der Waals surface area contributed by atoms with Crippen LogP contribution in [0.2, 0.25) is 5.02 Å². The van der Waals surface area contributed by atoms with Crippen molar-refractivity contribution in [1.29, 1.82) is 0 Å². The maximum absolute atomic E-state index is 12.4. The van der Waals surface area contributed by atoms with Gasteiger partial charge in [0.25, 0.3) is 10.0 Å². The van der Waals surface area contributed by atoms with E-state index in [0.717, 1.165) is 0 Å². The van der Waals surface area contributed by atoms with Crippen LogP contribution in [0.1, 0.15) is 6.92 Å². The van der Waals surface area contributed by atoms with Crippen molar-refractivity contribution in [2.45, 2.75) is 18.4 Å². The largest absolute Gasteiger partial charge is 0.419 e. The average Bonchev–Trinajstić information content (AvgIpc) is 2.81. The van der Waals surface area contributed by atoms with Gasteiger partial charge >= 0.3 is 5.76 Å². The monoisotopic (exact) mass is 352 g/mol. The second-order valence-corrected chi connectivity index (χ2v) is 6.98. The van der Waals surface area contributed by atoms with Crippen LogP contribution < -0.4 is 10.5 Å². The second-order valence-electron chi connectivity index (χ2n) is 4.86. The molecule has 1 aromatic heterocycles. The van der Waals surface area contributed by atoms with Gasteiger partial charge in [0.15, 0.2) is 5.58 Å². The summed E-state index contributed by atoms with van der Waals surface area (Å²) in [6.07, 6.45) is 0. The summed E-state index contributed by atoms with van der Waals surface area (Å²) >= 11 is 5.82. The van der Waals surface area contributed by atoms with Gasteiger partial charge in [-0.3, -0.25) is 9.29 Å². The molecule has 0 saturated carbocycles. The fraction of sp³-hybridized carbons (Fsp3) is 0.133. The van der Waals surface area contributed by atoms with Gasteiger partial charge in [-0.25, -0.2) is 13.2 Å². The first-order chi connectivity index (χ1) is 10.9. The molecule has 2 aromatic carbocycles. The van der Waals surface area contributed by atoms with Crippen molar-refractivity contribution in [1.82, 2.24) is 4.57 Å². The number of hydrogen-bond acceptors (Lipinski definition) is 4. The Morgan fingerprint density at radius 1 is 1.22 bits per heavy atom. The molecule has 0 spiro atoms. The van der Waals surface area contributed by atoms with E-state index in [2.05, 4.69) is 4.72 Å². The molecule has 0 fully saturated rings. The molecular formula is C15H13ClN2O4S. The fourth-order valence-corrected chi connectivity index (χ4v) is 3.63. The number of oxazole rings is 1. The maximum Gasteiger partial charge on any atom is 0.419 e. The third kappa shape index (κ3) is 2.97. The number of nitrogens with one attached hydrogen (secondary N) is 1. The van der Waals surface area contributed by atoms with Gasteiger partial charge in [-0.15, -0.1) is 0 Å². The first-order valence-corrected chi connectivity index (χ1v) is 8.68. The van der Waals surface area contributed by atoms with Gasteiger partial charge in [-0.1, -0.05) is 17.7 Å². The minimum Gasteiger partial charge on any atom is -0.408 e. The molecule has 6 nitrogen and oxygen atoms in total. The van der Waals surface area contributed by atoms with E-state index in [4.69, 9.17) is 16.0 Å². The summed E-state index contributed by atoms with van der Waals surface area (Å²) in [4.78, 5) is 11.7. The van der Waals surface area contributed by atoms with E-state index < -0.39 is 15.8 Å². The molecule has 0 bridgehead atoms. The number of fused-ring (bicyclic) bond motifs is 1. The topological polar surface area (TPSA) is 81.3 Å². The van der Waals surface area contributed by atoms with Crippen molar-refractivity contribution in [2.24, 2.45) is 0 Å². The van der Waals surface area contributed by atoms with Crippen LogP contribution in [0.4, 0.5) is 5.69 Å². The fourth-order valence-electron chi connectivity index (χ4n) is 2.28. The van der Waals surface area contributed by atoms with Crippen LogP contribution in [-0.2, 0) is 16.6 Å². The quantitative estimate of drug-likeness (QED) is 0.782. The zero-order valence-electron chi connectivity index (χ0n) is 12.1. The lowest BCUT2D eigenvalue weighted by Crippen LogP contribution is -2.13. The van der Waals surface area contributed by atoms with Crippen LogP contribution in [0.5, 0.6) is 0 Å². The molecule has 120 valence electrons. The molecule has 1 N–H and O–H groups in total. The summed E-state index contributed by atoms with van der Waals surface area (Å²) in [6.45, 7) is 2.30. The Morgan fingerprint density at radius 3 is 2.70 bits per heavy atom. The van der Waals surface area contributed by atoms with E-state index in [1.165, 1.54) is 22.8 Å². The van der Waals surface area contributed by atoms with Crippen molar-refractivity contribution in [2.75, 3.05) is 4.72 Å². The number of sulfonamides is 1. The summed E-state index contributed by atoms with van der Waals surface area (Å²) in [5.41, 5.74) is 1.24. The lowest BCUT2D eigenvalue weighted by molar-refractivity contribution is 0.513. The molecule has 3 aromatic rings. The van der Waals surface area contributed by atoms with Gasteiger partial charge in [0, 0.05) is 17.6 Å². The normalized spacial score (nSPS) is 11.7. The number of rotatable bonds is 4. The summed E-state index contributed by atoms with van der Waals surface area (Å²) in [5.74, 6) is -0.475. The third-order valence-corrected chi connectivity index (χ3v) is 4.96. The molecule has 1 heterocycles. The summed E-state index contributed by atoms with van der Waals surface area (Å²) < 4.78 is 33.7. The highest BCUT2D eigenvalue weighted by Crippen LogP contribution is 2.22. The van der Waals surface area contributed by atoms with Gasteiger partial charge in [-0.05, 0) is 37.3 Å². The standard InChI is InChI=1S/C15H13ClN2O4S/c1-2-18-13-7-6-11(9-14(13)22-15(18)19)17-23(20,21)12-5-3-4-10(16)8-12/h3-9,17H,2H2,1H3. The summed E-state index contributed by atoms with van der Waals surface area (Å²) in [5, 5.41) is 0.328. The zero-order valence-corrected chi connectivity index (χ0v) is 13.7. The summed E-state index contributed by atoms with van der Waals surface area (Å²) in [7, 11) is -3.77. The van der Waals surface area contributed by atoms with Crippen LogP contribution in [0.25, 0.3) is 11.1 Å². The van der Waals surface area contributed by atoms with Crippen LogP contribution >= 0.6 is 11.6 Å². The van der Waals surface area contributed by atoms with Crippen molar-refractivity contribution in [3.8, 4) is 0 Å². The highest BCUT2D eigenvalue weighted by molar-refractivity contribution is 7.92. The van der Waals surface area contributed by atoms with E-state index in [-0.39, 0.29) is 4.90 Å². The number of aromatic nitrogens is 1. The molecule has 0 amide bonds. The zero-order chi connectivity index (χ0) is 16.6. The molecule has 0 radical (unpaired) electrons. The molecule has 0 unspecified atom stereocenters. The number of benzene rings is 2. The molecule has 0 saturated heterocycles. The van der Waals surface area contributed by atoms with Crippen LogP contribution in [-0.4, -0.2) is 13.0 Å². The van der Waals surface area contributed by atoms with Crippen molar-refractivity contribution in [3.05, 3.63) is 58.0 Å². The number of nitrogens with zero attached hydrogens (tertiary/aromatic N) is 1. The van der Waals surface area contributed by atoms with Crippen LogP contribution in [0.3, 0.4) is 0 Å². The smallest absolute Gasteiger partial charge is 0.408 e. The average molecular weight is 353 g/mol. The first-order valence-electron chi connectivity index (χ1n) is 6.82. The number of aryl methyl sites for hydroxylation is 1. The molecule has 3 rings (SSSR count). The Kier molecular flexibility index (Phi) is 3.91. The minimum absolute atomic E-state index is 0.0534. The molecule has 0 atom stereocenters. The highest BCUT2D eigenvalue weighted by Gasteiger charge is 2.16. The van der Waals surface area contributed by atoms with Gasteiger partial charge in [0.05, 0.1) is 16.1 Å². The lowest BCUT2D eigenvalue weighted by atomic mass is 10.3. The van der Waals surface area contributed by atoms with Gasteiger partial charge in [-0.2, -0.15) is 0 Å². The Bertz CT molecular complexity index is 1040. The molecule has 0 aliphatic rings. The van der Waals surface area contributed by atoms with Gasteiger partial charge in [0.1, 0.15) is 0 Å². The number of halogens is 1. The minimum atomic E-state index is -3.77. The van der Waals surface area contributed by atoms with Gasteiger partial charge in [0.2, 0.25) is 0 Å². The molecule has 8 heteroatoms. The Balaban J connectivity index is 2.00. The Labute approximate surface area is 137 Å². The highest BCUT2D eigenvalue weighted by atomic mass is 35.5. The van der Waals surface area contributed by atoms with Crippen molar-refractivity contribution in [3.63, 3.8) is 0 Å². The predicted octanol–water partition coefficient (Wildman–Crippen LogP) is 3.07. The molecule has 0 aliphatic carbocycles. The number of anilines is 1. The molecular weight excluding hydrogens is 340 g/mol. The van der Waals surface area contributed by atoms with Crippen molar-refractivity contribution >= 4 is 38.4 Å². The number of hydrogen-bond donors (Lipinski definition) is 1. The van der Waals surface area contributed by atoms with Crippen LogP contribution in [0, 0.1) is 0 Å². The Hall–Kier alpha value is -2.25.